The maximum Gasteiger partial charge on any atom is 0.274 e. The molecule has 0 unspecified atom stereocenters. The van der Waals surface area contributed by atoms with Gasteiger partial charge in [-0.05, 0) is 44.9 Å². The highest BCUT2D eigenvalue weighted by Gasteiger charge is 2.32. The van der Waals surface area contributed by atoms with Crippen molar-refractivity contribution in [2.75, 3.05) is 13.1 Å². The third-order valence-electron chi connectivity index (χ3n) is 6.57. The van der Waals surface area contributed by atoms with E-state index < -0.39 is 0 Å². The molecule has 1 saturated heterocycles. The van der Waals surface area contributed by atoms with Gasteiger partial charge in [0.05, 0.1) is 6.54 Å². The molecule has 1 N–H and O–H groups in total. The maximum atomic E-state index is 13.1. The topological polar surface area (TPSA) is 50.2 Å². The lowest BCUT2D eigenvalue weighted by atomic mass is 9.90. The van der Waals surface area contributed by atoms with Crippen LogP contribution in [0, 0.1) is 0 Å². The zero-order valence-corrected chi connectivity index (χ0v) is 16.6. The lowest BCUT2D eigenvalue weighted by molar-refractivity contribution is 0.0785. The van der Waals surface area contributed by atoms with Crippen molar-refractivity contribution in [3.63, 3.8) is 0 Å². The van der Waals surface area contributed by atoms with Gasteiger partial charge in [0.25, 0.3) is 5.91 Å². The lowest BCUT2D eigenvalue weighted by Gasteiger charge is -2.29. The molecule has 1 saturated carbocycles. The fraction of sp³-hybridized carbons (Fsp3) is 0.727. The van der Waals surface area contributed by atoms with Gasteiger partial charge >= 0.3 is 0 Å². The normalized spacial score (nSPS) is 23.9. The van der Waals surface area contributed by atoms with Crippen LogP contribution in [0.3, 0.4) is 0 Å². The van der Waals surface area contributed by atoms with Crippen molar-refractivity contribution in [2.24, 2.45) is 0 Å². The summed E-state index contributed by atoms with van der Waals surface area (Å²) in [5.41, 5.74) is 3.17. The Bertz CT molecular complexity index is 666. The summed E-state index contributed by atoms with van der Waals surface area (Å²) in [6.45, 7) is 6.32. The SMILES string of the molecule is C=CCn1nc(C(=O)N2CCCC2)c2c1CC[C@@H](NC1CCCCCC1)C2. The molecule has 1 aromatic heterocycles. The fourth-order valence-electron chi connectivity index (χ4n) is 5.12. The molecule has 0 radical (unpaired) electrons. The van der Waals surface area contributed by atoms with Gasteiger partial charge in [-0.15, -0.1) is 6.58 Å². The van der Waals surface area contributed by atoms with E-state index in [9.17, 15) is 4.79 Å². The monoisotopic (exact) mass is 370 g/mol. The number of carbonyl (C=O) groups excluding carboxylic acids is 1. The molecule has 1 amide bonds. The van der Waals surface area contributed by atoms with E-state index in [1.165, 1.54) is 49.8 Å². The second-order valence-corrected chi connectivity index (χ2v) is 8.54. The summed E-state index contributed by atoms with van der Waals surface area (Å²) in [6, 6.07) is 1.13. The summed E-state index contributed by atoms with van der Waals surface area (Å²) in [5.74, 6) is 0.140. The number of carbonyl (C=O) groups is 1. The van der Waals surface area contributed by atoms with Crippen molar-refractivity contribution in [1.29, 1.82) is 0 Å². The molecule has 4 rings (SSSR count). The first-order valence-corrected chi connectivity index (χ1v) is 11.0. The number of likely N-dealkylation sites (tertiary alicyclic amines) is 1. The molecule has 2 aliphatic carbocycles. The van der Waals surface area contributed by atoms with Crippen LogP contribution in [-0.2, 0) is 19.4 Å². The molecule has 1 aromatic rings. The van der Waals surface area contributed by atoms with Crippen LogP contribution < -0.4 is 5.32 Å². The molecule has 148 valence electrons. The van der Waals surface area contributed by atoms with Gasteiger partial charge in [0, 0.05) is 36.4 Å². The number of nitrogens with one attached hydrogen (secondary N) is 1. The van der Waals surface area contributed by atoms with Gasteiger partial charge in [-0.25, -0.2) is 0 Å². The molecular weight excluding hydrogens is 336 g/mol. The first kappa shape index (κ1) is 18.7. The predicted octanol–water partition coefficient (Wildman–Crippen LogP) is 3.47. The second kappa shape index (κ2) is 8.59. The first-order chi connectivity index (χ1) is 13.3. The highest BCUT2D eigenvalue weighted by Crippen LogP contribution is 2.28. The summed E-state index contributed by atoms with van der Waals surface area (Å²) >= 11 is 0. The number of allylic oxidation sites excluding steroid dienone is 1. The summed E-state index contributed by atoms with van der Waals surface area (Å²) in [4.78, 5) is 15.1. The molecule has 0 bridgehead atoms. The largest absolute Gasteiger partial charge is 0.337 e. The van der Waals surface area contributed by atoms with Crippen LogP contribution in [0.4, 0.5) is 0 Å². The Hall–Kier alpha value is -1.62. The molecule has 0 aromatic carbocycles. The third kappa shape index (κ3) is 4.13. The minimum Gasteiger partial charge on any atom is -0.337 e. The molecule has 0 spiro atoms. The number of rotatable bonds is 5. The van der Waals surface area contributed by atoms with Crippen molar-refractivity contribution in [3.8, 4) is 0 Å². The highest BCUT2D eigenvalue weighted by atomic mass is 16.2. The number of amides is 1. The molecule has 1 atom stereocenters. The quantitative estimate of drug-likeness (QED) is 0.638. The maximum absolute atomic E-state index is 13.1. The Morgan fingerprint density at radius 2 is 1.81 bits per heavy atom. The molecule has 2 fully saturated rings. The van der Waals surface area contributed by atoms with Gasteiger partial charge in [0.2, 0.25) is 0 Å². The van der Waals surface area contributed by atoms with E-state index in [-0.39, 0.29) is 5.91 Å². The minimum absolute atomic E-state index is 0.140. The van der Waals surface area contributed by atoms with Crippen LogP contribution in [0.25, 0.3) is 0 Å². The molecule has 27 heavy (non-hydrogen) atoms. The number of hydrogen-bond acceptors (Lipinski definition) is 3. The minimum atomic E-state index is 0.140. The van der Waals surface area contributed by atoms with Crippen molar-refractivity contribution >= 4 is 5.91 Å². The van der Waals surface area contributed by atoms with Crippen LogP contribution in [0.15, 0.2) is 12.7 Å². The average molecular weight is 371 g/mol. The van der Waals surface area contributed by atoms with Crippen molar-refractivity contribution in [1.82, 2.24) is 20.0 Å². The third-order valence-corrected chi connectivity index (χ3v) is 6.57. The van der Waals surface area contributed by atoms with E-state index in [2.05, 4.69) is 11.9 Å². The fourth-order valence-corrected chi connectivity index (χ4v) is 5.12. The zero-order chi connectivity index (χ0) is 18.6. The standard InChI is InChI=1S/C22H34N4O/c1-2-13-26-20-12-11-18(23-17-9-5-3-4-6-10-17)16-19(20)21(24-26)22(27)25-14-7-8-15-25/h2,17-18,23H,1,3-16H2/t18-/m1/s1. The van der Waals surface area contributed by atoms with Gasteiger partial charge < -0.3 is 10.2 Å². The summed E-state index contributed by atoms with van der Waals surface area (Å²) in [5, 5.41) is 8.68. The van der Waals surface area contributed by atoms with Gasteiger partial charge in [-0.3, -0.25) is 9.48 Å². The van der Waals surface area contributed by atoms with Crippen LogP contribution in [0.1, 0.15) is 79.5 Å². The highest BCUT2D eigenvalue weighted by molar-refractivity contribution is 5.94. The Morgan fingerprint density at radius 1 is 1.07 bits per heavy atom. The molecular formula is C22H34N4O. The first-order valence-electron chi connectivity index (χ1n) is 11.0. The molecule has 2 heterocycles. The average Bonchev–Trinajstić information content (AvgIpc) is 3.25. The number of aromatic nitrogens is 2. The number of nitrogens with zero attached hydrogens (tertiary/aromatic N) is 3. The van der Waals surface area contributed by atoms with Crippen LogP contribution >= 0.6 is 0 Å². The van der Waals surface area contributed by atoms with E-state index >= 15 is 0 Å². The molecule has 3 aliphatic rings. The predicted molar refractivity (Wildman–Crippen MR) is 108 cm³/mol. The van der Waals surface area contributed by atoms with Gasteiger partial charge in [0.15, 0.2) is 5.69 Å². The summed E-state index contributed by atoms with van der Waals surface area (Å²) < 4.78 is 2.02. The number of hydrogen-bond donors (Lipinski definition) is 1. The summed E-state index contributed by atoms with van der Waals surface area (Å²) in [7, 11) is 0. The zero-order valence-electron chi connectivity index (χ0n) is 16.6. The van der Waals surface area contributed by atoms with Gasteiger partial charge in [-0.2, -0.15) is 5.10 Å². The van der Waals surface area contributed by atoms with E-state index in [0.29, 0.717) is 24.3 Å². The Kier molecular flexibility index (Phi) is 5.96. The number of fused-ring (bicyclic) bond motifs is 1. The Labute approximate surface area is 163 Å². The summed E-state index contributed by atoms with van der Waals surface area (Å²) in [6.07, 6.45) is 15.3. The molecule has 5 nitrogen and oxygen atoms in total. The molecule has 1 aliphatic heterocycles. The van der Waals surface area contributed by atoms with Gasteiger partial charge in [0.1, 0.15) is 0 Å². The lowest BCUT2D eigenvalue weighted by Crippen LogP contribution is -2.42. The van der Waals surface area contributed by atoms with Crippen molar-refractivity contribution in [2.45, 2.75) is 89.3 Å². The van der Waals surface area contributed by atoms with E-state index in [4.69, 9.17) is 5.10 Å². The van der Waals surface area contributed by atoms with Crippen LogP contribution in [0.2, 0.25) is 0 Å². The van der Waals surface area contributed by atoms with Crippen molar-refractivity contribution < 1.29 is 4.79 Å². The van der Waals surface area contributed by atoms with E-state index in [1.54, 1.807) is 0 Å². The van der Waals surface area contributed by atoms with E-state index in [1.807, 2.05) is 15.7 Å². The smallest absolute Gasteiger partial charge is 0.274 e. The second-order valence-electron chi connectivity index (χ2n) is 8.54. The molecule has 5 heteroatoms. The van der Waals surface area contributed by atoms with Crippen LogP contribution in [-0.4, -0.2) is 45.8 Å². The van der Waals surface area contributed by atoms with Crippen molar-refractivity contribution in [3.05, 3.63) is 29.6 Å². The Morgan fingerprint density at radius 3 is 2.52 bits per heavy atom. The van der Waals surface area contributed by atoms with E-state index in [0.717, 1.165) is 45.2 Å². The van der Waals surface area contributed by atoms with Gasteiger partial charge in [-0.1, -0.05) is 31.8 Å². The Balaban J connectivity index is 1.52. The van der Waals surface area contributed by atoms with Crippen LogP contribution in [0.5, 0.6) is 0 Å².